The number of thioether (sulfide) groups is 1. The van der Waals surface area contributed by atoms with E-state index in [0.717, 1.165) is 12.4 Å². The van der Waals surface area contributed by atoms with Crippen molar-refractivity contribution in [3.05, 3.63) is 42.1 Å². The molecule has 0 radical (unpaired) electrons. The molecule has 6 heteroatoms. The lowest BCUT2D eigenvalue weighted by Crippen LogP contribution is -2.07. The second-order valence-electron chi connectivity index (χ2n) is 3.99. The quantitative estimate of drug-likeness (QED) is 0.605. The summed E-state index contributed by atoms with van der Waals surface area (Å²) in [6, 6.07) is 3.48. The van der Waals surface area contributed by atoms with Crippen LogP contribution in [0.25, 0.3) is 0 Å². The SMILES string of the molecule is CCOC(=O)c1cccnc1SCc1nccn1CC. The molecule has 2 aromatic rings. The molecule has 106 valence electrons. The Morgan fingerprint density at radius 3 is 2.95 bits per heavy atom. The Morgan fingerprint density at radius 2 is 2.20 bits per heavy atom. The molecule has 0 saturated carbocycles. The number of pyridine rings is 1. The molecular weight excluding hydrogens is 274 g/mol. The molecule has 0 amide bonds. The minimum atomic E-state index is -0.332. The van der Waals surface area contributed by atoms with Crippen molar-refractivity contribution in [1.29, 1.82) is 0 Å². The fraction of sp³-hybridized carbons (Fsp3) is 0.357. The van der Waals surface area contributed by atoms with Crippen LogP contribution >= 0.6 is 11.8 Å². The topological polar surface area (TPSA) is 57.0 Å². The lowest BCUT2D eigenvalue weighted by Gasteiger charge is -2.08. The molecule has 0 atom stereocenters. The third kappa shape index (κ3) is 3.39. The monoisotopic (exact) mass is 291 g/mol. The predicted molar refractivity (Wildman–Crippen MR) is 77.7 cm³/mol. The maximum Gasteiger partial charge on any atom is 0.340 e. The Labute approximate surface area is 122 Å². The number of nitrogens with zero attached hydrogens (tertiary/aromatic N) is 3. The second-order valence-corrected chi connectivity index (χ2v) is 4.96. The van der Waals surface area contributed by atoms with Gasteiger partial charge in [-0.05, 0) is 26.0 Å². The first-order chi connectivity index (χ1) is 9.76. The van der Waals surface area contributed by atoms with Gasteiger partial charge in [0.05, 0.1) is 17.9 Å². The zero-order chi connectivity index (χ0) is 14.4. The van der Waals surface area contributed by atoms with Crippen molar-refractivity contribution in [2.75, 3.05) is 6.61 Å². The minimum absolute atomic E-state index is 0.332. The second kappa shape index (κ2) is 7.09. The molecule has 0 saturated heterocycles. The Hall–Kier alpha value is -1.82. The molecular formula is C14H17N3O2S. The molecule has 5 nitrogen and oxygen atoms in total. The predicted octanol–water partition coefficient (Wildman–Crippen LogP) is 2.77. The number of hydrogen-bond donors (Lipinski definition) is 0. The van der Waals surface area contributed by atoms with Crippen molar-refractivity contribution in [1.82, 2.24) is 14.5 Å². The summed E-state index contributed by atoms with van der Waals surface area (Å²) in [5, 5.41) is 0.677. The molecule has 0 bridgehead atoms. The third-order valence-electron chi connectivity index (χ3n) is 2.75. The average molecular weight is 291 g/mol. The highest BCUT2D eigenvalue weighted by molar-refractivity contribution is 7.98. The molecule has 0 aliphatic heterocycles. The summed E-state index contributed by atoms with van der Waals surface area (Å²) in [5.74, 6) is 1.31. The maximum atomic E-state index is 11.9. The highest BCUT2D eigenvalue weighted by Gasteiger charge is 2.14. The first-order valence-electron chi connectivity index (χ1n) is 6.51. The van der Waals surface area contributed by atoms with Gasteiger partial charge in [-0.15, -0.1) is 0 Å². The van der Waals surface area contributed by atoms with Crippen molar-refractivity contribution >= 4 is 17.7 Å². The van der Waals surface area contributed by atoms with Crippen molar-refractivity contribution in [2.45, 2.75) is 31.2 Å². The van der Waals surface area contributed by atoms with Gasteiger partial charge in [0.2, 0.25) is 0 Å². The van der Waals surface area contributed by atoms with E-state index in [9.17, 15) is 4.79 Å². The van der Waals surface area contributed by atoms with Gasteiger partial charge < -0.3 is 9.30 Å². The van der Waals surface area contributed by atoms with Crippen LogP contribution in [-0.4, -0.2) is 27.1 Å². The van der Waals surface area contributed by atoms with Crippen LogP contribution in [0.2, 0.25) is 0 Å². The van der Waals surface area contributed by atoms with Crippen LogP contribution in [-0.2, 0) is 17.0 Å². The lowest BCUT2D eigenvalue weighted by molar-refractivity contribution is 0.0521. The molecule has 0 spiro atoms. The summed E-state index contributed by atoms with van der Waals surface area (Å²) >= 11 is 1.49. The van der Waals surface area contributed by atoms with Gasteiger partial charge in [-0.3, -0.25) is 0 Å². The number of aryl methyl sites for hydroxylation is 1. The fourth-order valence-electron chi connectivity index (χ4n) is 1.77. The average Bonchev–Trinajstić information content (AvgIpc) is 2.93. The Morgan fingerprint density at radius 1 is 1.35 bits per heavy atom. The largest absolute Gasteiger partial charge is 0.462 e. The van der Waals surface area contributed by atoms with Crippen molar-refractivity contribution in [3.63, 3.8) is 0 Å². The van der Waals surface area contributed by atoms with Gasteiger partial charge in [-0.1, -0.05) is 11.8 Å². The van der Waals surface area contributed by atoms with Crippen LogP contribution in [0.4, 0.5) is 0 Å². The zero-order valence-electron chi connectivity index (χ0n) is 11.6. The summed E-state index contributed by atoms with van der Waals surface area (Å²) in [7, 11) is 0. The number of rotatable bonds is 6. The van der Waals surface area contributed by atoms with Crippen molar-refractivity contribution in [2.24, 2.45) is 0 Å². The van der Waals surface area contributed by atoms with Gasteiger partial charge >= 0.3 is 5.97 Å². The first kappa shape index (κ1) is 14.6. The third-order valence-corrected chi connectivity index (χ3v) is 3.75. The van der Waals surface area contributed by atoms with Crippen LogP contribution in [0.15, 0.2) is 35.7 Å². The summed E-state index contributed by atoms with van der Waals surface area (Å²) in [6.07, 6.45) is 5.40. The summed E-state index contributed by atoms with van der Waals surface area (Å²) < 4.78 is 7.11. The Balaban J connectivity index is 2.11. The number of aromatic nitrogens is 3. The molecule has 2 aromatic heterocycles. The van der Waals surface area contributed by atoms with E-state index in [0.29, 0.717) is 22.9 Å². The number of ether oxygens (including phenoxy) is 1. The fourth-order valence-corrected chi connectivity index (χ4v) is 2.72. The Bertz CT molecular complexity index is 583. The smallest absolute Gasteiger partial charge is 0.340 e. The molecule has 2 rings (SSSR count). The van der Waals surface area contributed by atoms with Crippen molar-refractivity contribution < 1.29 is 9.53 Å². The van der Waals surface area contributed by atoms with Crippen LogP contribution in [0.3, 0.4) is 0 Å². The molecule has 0 aromatic carbocycles. The van der Waals surface area contributed by atoms with Gasteiger partial charge in [0, 0.05) is 25.1 Å². The van der Waals surface area contributed by atoms with Crippen molar-refractivity contribution in [3.8, 4) is 0 Å². The van der Waals surface area contributed by atoms with Gasteiger partial charge in [-0.25, -0.2) is 14.8 Å². The standard InChI is InChI=1S/C14H17N3O2S/c1-3-17-9-8-15-12(17)10-20-13-11(6-5-7-16-13)14(18)19-4-2/h5-9H,3-4,10H2,1-2H3. The Kier molecular flexibility index (Phi) is 5.17. The van der Waals surface area contributed by atoms with Gasteiger partial charge in [0.25, 0.3) is 0 Å². The number of hydrogen-bond acceptors (Lipinski definition) is 5. The van der Waals surface area contributed by atoms with Crippen LogP contribution in [0.5, 0.6) is 0 Å². The molecule has 0 unspecified atom stereocenters. The van der Waals surface area contributed by atoms with E-state index in [1.807, 2.05) is 6.20 Å². The van der Waals surface area contributed by atoms with E-state index < -0.39 is 0 Å². The molecule has 0 aliphatic rings. The van der Waals surface area contributed by atoms with E-state index in [1.54, 1.807) is 31.5 Å². The lowest BCUT2D eigenvalue weighted by atomic mass is 10.3. The minimum Gasteiger partial charge on any atom is -0.462 e. The molecule has 20 heavy (non-hydrogen) atoms. The number of carbonyl (C=O) groups is 1. The molecule has 2 heterocycles. The maximum absolute atomic E-state index is 11.9. The molecule has 0 aliphatic carbocycles. The summed E-state index contributed by atoms with van der Waals surface area (Å²) in [5.41, 5.74) is 0.508. The van der Waals surface area contributed by atoms with Gasteiger partial charge in [-0.2, -0.15) is 0 Å². The normalized spacial score (nSPS) is 10.5. The van der Waals surface area contributed by atoms with Crippen LogP contribution in [0.1, 0.15) is 30.0 Å². The van der Waals surface area contributed by atoms with Gasteiger partial charge in [0.1, 0.15) is 10.9 Å². The van der Waals surface area contributed by atoms with Crippen LogP contribution in [0, 0.1) is 0 Å². The van der Waals surface area contributed by atoms with Gasteiger partial charge in [0.15, 0.2) is 0 Å². The number of esters is 1. The van der Waals surface area contributed by atoms with E-state index in [1.165, 1.54) is 11.8 Å². The highest BCUT2D eigenvalue weighted by Crippen LogP contribution is 2.24. The number of carbonyl (C=O) groups excluding carboxylic acids is 1. The molecule has 0 fully saturated rings. The van der Waals surface area contributed by atoms with E-state index in [4.69, 9.17) is 4.74 Å². The molecule has 0 N–H and O–H groups in total. The van der Waals surface area contributed by atoms with E-state index in [2.05, 4.69) is 21.5 Å². The summed E-state index contributed by atoms with van der Waals surface area (Å²) in [4.78, 5) is 20.4. The van der Waals surface area contributed by atoms with E-state index >= 15 is 0 Å². The summed E-state index contributed by atoms with van der Waals surface area (Å²) in [6.45, 7) is 5.10. The van der Waals surface area contributed by atoms with E-state index in [-0.39, 0.29) is 5.97 Å². The first-order valence-corrected chi connectivity index (χ1v) is 7.49. The highest BCUT2D eigenvalue weighted by atomic mass is 32.2. The van der Waals surface area contributed by atoms with Crippen LogP contribution < -0.4 is 0 Å². The zero-order valence-corrected chi connectivity index (χ0v) is 12.4. The number of imidazole rings is 1.